The number of rotatable bonds is 8. The van der Waals surface area contributed by atoms with Gasteiger partial charge in [0, 0.05) is 12.6 Å². The number of nitrogens with one attached hydrogen (secondary N) is 1. The van der Waals surface area contributed by atoms with E-state index in [1.165, 1.54) is 0 Å². The number of aliphatic hydroxyl groups excluding tert-OH is 1. The van der Waals surface area contributed by atoms with Gasteiger partial charge >= 0.3 is 5.69 Å². The number of hydrogen-bond acceptors (Lipinski definition) is 6. The van der Waals surface area contributed by atoms with Gasteiger partial charge in [0.1, 0.15) is 11.4 Å². The number of nitrogen functional groups attached to an aromatic ring is 1. The summed E-state index contributed by atoms with van der Waals surface area (Å²) >= 11 is 0. The molecule has 4 N–H and O–H groups in total. The first kappa shape index (κ1) is 16.2. The Bertz CT molecular complexity index is 449. The largest absolute Gasteiger partial charge is 0.395 e. The lowest BCUT2D eigenvalue weighted by Gasteiger charge is -2.32. The Hall–Kier alpha value is -1.86. The number of nitrogens with zero attached hydrogens (tertiary/aromatic N) is 2. The van der Waals surface area contributed by atoms with E-state index in [2.05, 4.69) is 5.43 Å². The lowest BCUT2D eigenvalue weighted by atomic mass is 10.1. The molecule has 1 rings (SSSR count). The molecule has 0 amide bonds. The van der Waals surface area contributed by atoms with Crippen LogP contribution in [0.4, 0.5) is 17.1 Å². The fraction of sp³-hybridized carbons (Fsp3) is 0.538. The van der Waals surface area contributed by atoms with Crippen LogP contribution in [0.2, 0.25) is 0 Å². The van der Waals surface area contributed by atoms with E-state index in [4.69, 9.17) is 5.84 Å². The first-order chi connectivity index (χ1) is 9.60. The van der Waals surface area contributed by atoms with Gasteiger partial charge in [-0.1, -0.05) is 19.9 Å². The molecule has 0 aromatic heterocycles. The number of hydrogen-bond donors (Lipinski definition) is 3. The predicted octanol–water partition coefficient (Wildman–Crippen LogP) is 1.87. The average molecular weight is 282 g/mol. The summed E-state index contributed by atoms with van der Waals surface area (Å²) in [7, 11) is 0. The van der Waals surface area contributed by atoms with Gasteiger partial charge in [0.15, 0.2) is 0 Å². The van der Waals surface area contributed by atoms with E-state index in [0.717, 1.165) is 12.8 Å². The Morgan fingerprint density at radius 3 is 2.55 bits per heavy atom. The molecule has 0 bridgehead atoms. The van der Waals surface area contributed by atoms with Gasteiger partial charge in [-0.05, 0) is 25.0 Å². The summed E-state index contributed by atoms with van der Waals surface area (Å²) in [6.07, 6.45) is 1.68. The van der Waals surface area contributed by atoms with Crippen LogP contribution in [0.1, 0.15) is 26.7 Å². The Morgan fingerprint density at radius 1 is 1.45 bits per heavy atom. The highest BCUT2D eigenvalue weighted by Gasteiger charge is 2.26. The Kier molecular flexibility index (Phi) is 6.20. The van der Waals surface area contributed by atoms with Gasteiger partial charge < -0.3 is 15.4 Å². The SMILES string of the molecule is CCC(CC)N(CCO)c1cccc(NN)c1[N+](=O)[O-]. The smallest absolute Gasteiger partial charge is 0.316 e. The number of para-hydroxylation sites is 1. The number of hydrazine groups is 1. The minimum Gasteiger partial charge on any atom is -0.395 e. The van der Waals surface area contributed by atoms with Crippen molar-refractivity contribution in [2.45, 2.75) is 32.7 Å². The topological polar surface area (TPSA) is 105 Å². The standard InChI is InChI=1S/C13H22N4O3/c1-3-10(4-2)16(8-9-18)12-7-5-6-11(15-14)13(12)17(19)20/h5-7,10,15,18H,3-4,8-9,14H2,1-2H3. The van der Waals surface area contributed by atoms with E-state index in [0.29, 0.717) is 12.2 Å². The molecule has 0 fully saturated rings. The third-order valence-corrected chi connectivity index (χ3v) is 3.39. The normalized spacial score (nSPS) is 10.7. The highest BCUT2D eigenvalue weighted by atomic mass is 16.6. The lowest BCUT2D eigenvalue weighted by Crippen LogP contribution is -2.37. The first-order valence-electron chi connectivity index (χ1n) is 6.72. The van der Waals surface area contributed by atoms with Crippen LogP contribution in [0.15, 0.2) is 18.2 Å². The van der Waals surface area contributed by atoms with Crippen molar-refractivity contribution in [3.63, 3.8) is 0 Å². The molecule has 1 aromatic carbocycles. The van der Waals surface area contributed by atoms with Crippen LogP contribution in [0.5, 0.6) is 0 Å². The van der Waals surface area contributed by atoms with Crippen molar-refractivity contribution in [2.75, 3.05) is 23.5 Å². The van der Waals surface area contributed by atoms with E-state index < -0.39 is 4.92 Å². The third kappa shape index (κ3) is 3.37. The minimum absolute atomic E-state index is 0.0599. The zero-order chi connectivity index (χ0) is 15.1. The fourth-order valence-electron chi connectivity index (χ4n) is 2.41. The molecular weight excluding hydrogens is 260 g/mol. The van der Waals surface area contributed by atoms with Crippen molar-refractivity contribution < 1.29 is 10.0 Å². The van der Waals surface area contributed by atoms with Gasteiger partial charge in [-0.3, -0.25) is 16.0 Å². The molecule has 20 heavy (non-hydrogen) atoms. The Balaban J connectivity index is 3.35. The Morgan fingerprint density at radius 2 is 2.10 bits per heavy atom. The van der Waals surface area contributed by atoms with E-state index in [-0.39, 0.29) is 24.0 Å². The molecule has 0 unspecified atom stereocenters. The molecule has 112 valence electrons. The second-order valence-electron chi connectivity index (χ2n) is 4.46. The molecule has 0 aliphatic carbocycles. The zero-order valence-electron chi connectivity index (χ0n) is 11.9. The van der Waals surface area contributed by atoms with Crippen molar-refractivity contribution in [1.82, 2.24) is 0 Å². The summed E-state index contributed by atoms with van der Waals surface area (Å²) in [5.74, 6) is 5.35. The van der Waals surface area contributed by atoms with E-state index in [9.17, 15) is 15.2 Å². The summed E-state index contributed by atoms with van der Waals surface area (Å²) in [6, 6.07) is 5.09. The van der Waals surface area contributed by atoms with Crippen LogP contribution in [0.3, 0.4) is 0 Å². The summed E-state index contributed by atoms with van der Waals surface area (Å²) in [5.41, 5.74) is 3.04. The molecule has 0 atom stereocenters. The summed E-state index contributed by atoms with van der Waals surface area (Å²) in [6.45, 7) is 4.33. The Labute approximate surface area is 118 Å². The van der Waals surface area contributed by atoms with Crippen LogP contribution in [0.25, 0.3) is 0 Å². The van der Waals surface area contributed by atoms with Gasteiger partial charge in [0.05, 0.1) is 11.5 Å². The van der Waals surface area contributed by atoms with Crippen molar-refractivity contribution >= 4 is 17.1 Å². The third-order valence-electron chi connectivity index (χ3n) is 3.39. The monoisotopic (exact) mass is 282 g/mol. The molecule has 7 heteroatoms. The van der Waals surface area contributed by atoms with Crippen molar-refractivity contribution in [2.24, 2.45) is 5.84 Å². The fourth-order valence-corrected chi connectivity index (χ4v) is 2.41. The number of anilines is 2. The molecular formula is C13H22N4O3. The van der Waals surface area contributed by atoms with Crippen LogP contribution in [-0.4, -0.2) is 29.2 Å². The molecule has 0 radical (unpaired) electrons. The van der Waals surface area contributed by atoms with E-state index in [1.54, 1.807) is 18.2 Å². The van der Waals surface area contributed by atoms with Crippen LogP contribution < -0.4 is 16.2 Å². The maximum Gasteiger partial charge on any atom is 0.316 e. The number of nitro groups is 1. The lowest BCUT2D eigenvalue weighted by molar-refractivity contribution is -0.383. The molecule has 1 aromatic rings. The molecule has 0 heterocycles. The van der Waals surface area contributed by atoms with Gasteiger partial charge in [0.25, 0.3) is 0 Å². The van der Waals surface area contributed by atoms with E-state index in [1.807, 2.05) is 18.7 Å². The van der Waals surface area contributed by atoms with Crippen molar-refractivity contribution in [3.05, 3.63) is 28.3 Å². The number of nitro benzene ring substituents is 1. The number of nitrogens with two attached hydrogens (primary N) is 1. The summed E-state index contributed by atoms with van der Waals surface area (Å²) < 4.78 is 0. The maximum absolute atomic E-state index is 11.3. The van der Waals surface area contributed by atoms with E-state index >= 15 is 0 Å². The molecule has 7 nitrogen and oxygen atoms in total. The van der Waals surface area contributed by atoms with Gasteiger partial charge in [-0.25, -0.2) is 0 Å². The molecule has 0 spiro atoms. The predicted molar refractivity (Wildman–Crippen MR) is 79.7 cm³/mol. The second kappa shape index (κ2) is 7.66. The van der Waals surface area contributed by atoms with Gasteiger partial charge in [-0.2, -0.15) is 0 Å². The second-order valence-corrected chi connectivity index (χ2v) is 4.46. The molecule has 0 saturated carbocycles. The highest BCUT2D eigenvalue weighted by molar-refractivity contribution is 5.77. The molecule has 0 saturated heterocycles. The summed E-state index contributed by atoms with van der Waals surface area (Å²) in [5, 5.41) is 20.6. The average Bonchev–Trinajstić information content (AvgIpc) is 2.46. The number of aliphatic hydroxyl groups is 1. The van der Waals surface area contributed by atoms with Gasteiger partial charge in [0.2, 0.25) is 0 Å². The van der Waals surface area contributed by atoms with Crippen LogP contribution in [-0.2, 0) is 0 Å². The quantitative estimate of drug-likeness (QED) is 0.382. The van der Waals surface area contributed by atoms with Crippen molar-refractivity contribution in [3.8, 4) is 0 Å². The molecule has 0 aliphatic rings. The number of benzene rings is 1. The molecule has 0 aliphatic heterocycles. The minimum atomic E-state index is -0.447. The van der Waals surface area contributed by atoms with Gasteiger partial charge in [-0.15, -0.1) is 0 Å². The van der Waals surface area contributed by atoms with Crippen LogP contribution >= 0.6 is 0 Å². The summed E-state index contributed by atoms with van der Waals surface area (Å²) in [4.78, 5) is 12.8. The van der Waals surface area contributed by atoms with Crippen LogP contribution in [0, 0.1) is 10.1 Å². The highest BCUT2D eigenvalue weighted by Crippen LogP contribution is 2.36. The first-order valence-corrected chi connectivity index (χ1v) is 6.72. The van der Waals surface area contributed by atoms with Crippen molar-refractivity contribution in [1.29, 1.82) is 0 Å². The maximum atomic E-state index is 11.3. The zero-order valence-corrected chi connectivity index (χ0v) is 11.9.